The maximum absolute atomic E-state index is 13.7. The van der Waals surface area contributed by atoms with Crippen LogP contribution < -0.4 is 5.32 Å². The predicted molar refractivity (Wildman–Crippen MR) is 84.9 cm³/mol. The van der Waals surface area contributed by atoms with Gasteiger partial charge in [-0.3, -0.25) is 0 Å². The Labute approximate surface area is 131 Å². The number of benzene rings is 2. The second-order valence-electron chi connectivity index (χ2n) is 5.16. The Morgan fingerprint density at radius 3 is 2.60 bits per heavy atom. The van der Waals surface area contributed by atoms with Crippen LogP contribution in [-0.4, -0.2) is 6.04 Å². The zero-order chi connectivity index (χ0) is 14.1. The van der Waals surface area contributed by atoms with Crippen LogP contribution in [0.3, 0.4) is 0 Å². The molecule has 2 aromatic rings. The van der Waals surface area contributed by atoms with Crippen LogP contribution in [0.1, 0.15) is 24.3 Å². The van der Waals surface area contributed by atoms with E-state index in [0.717, 1.165) is 22.3 Å². The van der Waals surface area contributed by atoms with Gasteiger partial charge in [0.25, 0.3) is 0 Å². The minimum Gasteiger partial charge on any atom is -0.379 e. The fourth-order valence-electron chi connectivity index (χ4n) is 2.61. The Balaban J connectivity index is 1.64. The van der Waals surface area contributed by atoms with Gasteiger partial charge in [-0.2, -0.15) is 0 Å². The molecule has 0 radical (unpaired) electrons. The first-order valence-corrected chi connectivity index (χ1v) is 7.76. The molecule has 0 amide bonds. The Morgan fingerprint density at radius 2 is 1.90 bits per heavy atom. The summed E-state index contributed by atoms with van der Waals surface area (Å²) in [5.74, 6) is 0.294. The first kappa shape index (κ1) is 13.9. The van der Waals surface area contributed by atoms with Crippen molar-refractivity contribution in [1.29, 1.82) is 0 Å². The molecule has 1 N–H and O–H groups in total. The van der Waals surface area contributed by atoms with E-state index in [2.05, 4.69) is 27.3 Å². The average molecular weight is 355 g/mol. The van der Waals surface area contributed by atoms with Gasteiger partial charge in [0.15, 0.2) is 0 Å². The number of anilines is 1. The Bertz CT molecular complexity index is 605. The highest BCUT2D eigenvalue weighted by molar-refractivity contribution is 9.10. The molecule has 4 heteroatoms. The molecule has 0 spiro atoms. The normalized spacial score (nSPS) is 21.4. The van der Waals surface area contributed by atoms with Crippen molar-refractivity contribution in [3.8, 4) is 0 Å². The minimum absolute atomic E-state index is 0.217. The summed E-state index contributed by atoms with van der Waals surface area (Å²) in [6.07, 6.45) is 2.00. The van der Waals surface area contributed by atoms with Crippen LogP contribution >= 0.6 is 27.5 Å². The van der Waals surface area contributed by atoms with Crippen LogP contribution in [0.25, 0.3) is 0 Å². The highest BCUT2D eigenvalue weighted by Gasteiger charge is 2.31. The summed E-state index contributed by atoms with van der Waals surface area (Å²) in [7, 11) is 0. The predicted octanol–water partition coefficient (Wildman–Crippen LogP) is 5.60. The molecule has 1 aliphatic carbocycles. The monoisotopic (exact) mass is 353 g/mol. The number of hydrogen-bond acceptors (Lipinski definition) is 1. The topological polar surface area (TPSA) is 12.0 Å². The molecule has 104 valence electrons. The van der Waals surface area contributed by atoms with Crippen molar-refractivity contribution in [2.24, 2.45) is 0 Å². The van der Waals surface area contributed by atoms with Crippen LogP contribution in [0.15, 0.2) is 46.9 Å². The Morgan fingerprint density at radius 1 is 1.15 bits per heavy atom. The molecule has 2 aromatic carbocycles. The number of rotatable bonds is 3. The van der Waals surface area contributed by atoms with Crippen LogP contribution in [-0.2, 0) is 0 Å². The molecule has 1 aliphatic rings. The highest BCUT2D eigenvalue weighted by Crippen LogP contribution is 2.40. The average Bonchev–Trinajstić information content (AvgIpc) is 2.36. The van der Waals surface area contributed by atoms with E-state index in [1.807, 2.05) is 24.3 Å². The second-order valence-corrected chi connectivity index (χ2v) is 6.45. The summed E-state index contributed by atoms with van der Waals surface area (Å²) in [5.41, 5.74) is 1.82. The molecule has 0 bridgehead atoms. The first-order chi connectivity index (χ1) is 9.63. The summed E-state index contributed by atoms with van der Waals surface area (Å²) in [6.45, 7) is 0. The van der Waals surface area contributed by atoms with Crippen LogP contribution in [0.5, 0.6) is 0 Å². The van der Waals surface area contributed by atoms with Gasteiger partial charge in [0, 0.05) is 15.5 Å². The molecule has 1 saturated carbocycles. The molecule has 0 unspecified atom stereocenters. The summed E-state index contributed by atoms with van der Waals surface area (Å²) in [4.78, 5) is 0. The van der Waals surface area contributed by atoms with Crippen molar-refractivity contribution in [3.63, 3.8) is 0 Å². The second kappa shape index (κ2) is 5.74. The molecule has 3 rings (SSSR count). The van der Waals surface area contributed by atoms with Crippen LogP contribution in [0, 0.1) is 5.82 Å². The van der Waals surface area contributed by atoms with E-state index in [4.69, 9.17) is 11.6 Å². The standard InChI is InChI=1S/C16H14BrClFN/c17-14-5-2-6-15(19)16(14)20-13-8-11(9-13)10-3-1-4-12(18)7-10/h1-7,11,13,20H,8-9H2. The summed E-state index contributed by atoms with van der Waals surface area (Å²) >= 11 is 9.38. The number of para-hydroxylation sites is 1. The van der Waals surface area contributed by atoms with Gasteiger partial charge in [0.05, 0.1) is 5.69 Å². The van der Waals surface area contributed by atoms with E-state index in [0.29, 0.717) is 17.6 Å². The summed E-state index contributed by atoms with van der Waals surface area (Å²) in [6, 6.07) is 13.3. The van der Waals surface area contributed by atoms with Gasteiger partial charge in [-0.25, -0.2) is 4.39 Å². The first-order valence-electron chi connectivity index (χ1n) is 6.59. The number of nitrogens with one attached hydrogen (secondary N) is 1. The molecule has 20 heavy (non-hydrogen) atoms. The number of halogens is 3. The zero-order valence-corrected chi connectivity index (χ0v) is 13.1. The van der Waals surface area contributed by atoms with Crippen molar-refractivity contribution >= 4 is 33.2 Å². The van der Waals surface area contributed by atoms with Gasteiger partial charge in [-0.15, -0.1) is 0 Å². The SMILES string of the molecule is Fc1cccc(Br)c1NC1CC(c2cccc(Cl)c2)C1. The third-order valence-electron chi connectivity index (χ3n) is 3.77. The van der Waals surface area contributed by atoms with Crippen molar-refractivity contribution in [2.45, 2.75) is 24.8 Å². The van der Waals surface area contributed by atoms with Crippen molar-refractivity contribution in [2.75, 3.05) is 5.32 Å². The lowest BCUT2D eigenvalue weighted by atomic mass is 9.76. The minimum atomic E-state index is -0.217. The Hall–Kier alpha value is -1.06. The van der Waals surface area contributed by atoms with E-state index in [-0.39, 0.29) is 5.82 Å². The van der Waals surface area contributed by atoms with Gasteiger partial charge in [0.2, 0.25) is 0 Å². The largest absolute Gasteiger partial charge is 0.379 e. The maximum atomic E-state index is 13.7. The van der Waals surface area contributed by atoms with Crippen molar-refractivity contribution < 1.29 is 4.39 Å². The van der Waals surface area contributed by atoms with E-state index < -0.39 is 0 Å². The molecule has 0 aromatic heterocycles. The third kappa shape index (κ3) is 2.84. The maximum Gasteiger partial charge on any atom is 0.147 e. The molecular formula is C16H14BrClFN. The quantitative estimate of drug-likeness (QED) is 0.756. The lowest BCUT2D eigenvalue weighted by Crippen LogP contribution is -2.34. The molecular weight excluding hydrogens is 341 g/mol. The Kier molecular flexibility index (Phi) is 3.99. The summed E-state index contributed by atoms with van der Waals surface area (Å²) in [5, 5.41) is 4.05. The fourth-order valence-corrected chi connectivity index (χ4v) is 3.26. The molecule has 0 saturated heterocycles. The van der Waals surface area contributed by atoms with E-state index in [9.17, 15) is 4.39 Å². The molecule has 0 atom stereocenters. The van der Waals surface area contributed by atoms with Gasteiger partial charge in [0.1, 0.15) is 5.82 Å². The zero-order valence-electron chi connectivity index (χ0n) is 10.7. The van der Waals surface area contributed by atoms with Crippen molar-refractivity contribution in [3.05, 3.63) is 63.3 Å². The molecule has 1 fully saturated rings. The van der Waals surface area contributed by atoms with E-state index in [1.54, 1.807) is 6.07 Å². The van der Waals surface area contributed by atoms with Gasteiger partial charge in [-0.05, 0) is 64.5 Å². The lowest BCUT2D eigenvalue weighted by molar-refractivity contribution is 0.373. The number of hydrogen-bond donors (Lipinski definition) is 1. The van der Waals surface area contributed by atoms with Crippen LogP contribution in [0.2, 0.25) is 5.02 Å². The van der Waals surface area contributed by atoms with Gasteiger partial charge >= 0.3 is 0 Å². The van der Waals surface area contributed by atoms with E-state index >= 15 is 0 Å². The highest BCUT2D eigenvalue weighted by atomic mass is 79.9. The lowest BCUT2D eigenvalue weighted by Gasteiger charge is -2.37. The van der Waals surface area contributed by atoms with Gasteiger partial charge in [-0.1, -0.05) is 29.8 Å². The summed E-state index contributed by atoms with van der Waals surface area (Å²) < 4.78 is 14.5. The van der Waals surface area contributed by atoms with Crippen LogP contribution in [0.4, 0.5) is 10.1 Å². The molecule has 0 heterocycles. The smallest absolute Gasteiger partial charge is 0.147 e. The van der Waals surface area contributed by atoms with Gasteiger partial charge < -0.3 is 5.32 Å². The van der Waals surface area contributed by atoms with Crippen molar-refractivity contribution in [1.82, 2.24) is 0 Å². The fraction of sp³-hybridized carbons (Fsp3) is 0.250. The van der Waals surface area contributed by atoms with E-state index in [1.165, 1.54) is 11.6 Å². The third-order valence-corrected chi connectivity index (χ3v) is 4.67. The molecule has 0 aliphatic heterocycles. The molecule has 1 nitrogen and oxygen atoms in total.